The molecule has 0 aromatic heterocycles. The Morgan fingerprint density at radius 2 is 1.63 bits per heavy atom. The summed E-state index contributed by atoms with van der Waals surface area (Å²) in [5.74, 6) is -1.06. The minimum absolute atomic E-state index is 0.0324. The van der Waals surface area contributed by atoms with Gasteiger partial charge in [0.25, 0.3) is 11.6 Å². The van der Waals surface area contributed by atoms with E-state index in [1.54, 1.807) is 41.3 Å². The average Bonchev–Trinajstić information content (AvgIpc) is 2.76. The Balaban J connectivity index is 1.36. The van der Waals surface area contributed by atoms with E-state index in [1.165, 1.54) is 12.1 Å². The molecule has 9 nitrogen and oxygen atoms in total. The van der Waals surface area contributed by atoms with Gasteiger partial charge in [0.15, 0.2) is 0 Å². The second kappa shape index (κ2) is 7.94. The molecule has 4 rings (SSSR count). The first-order valence-corrected chi connectivity index (χ1v) is 9.64. The van der Waals surface area contributed by atoms with Gasteiger partial charge in [-0.25, -0.2) is 0 Å². The molecule has 1 saturated heterocycles. The Morgan fingerprint density at radius 1 is 0.967 bits per heavy atom. The molecule has 0 spiro atoms. The fourth-order valence-corrected chi connectivity index (χ4v) is 3.79. The van der Waals surface area contributed by atoms with E-state index in [1.807, 2.05) is 4.90 Å². The van der Waals surface area contributed by atoms with Crippen LogP contribution in [0.4, 0.5) is 11.4 Å². The lowest BCUT2D eigenvalue weighted by Crippen LogP contribution is -2.53. The molecule has 2 aromatic rings. The molecule has 0 aliphatic carbocycles. The van der Waals surface area contributed by atoms with Crippen LogP contribution in [-0.4, -0.2) is 65.2 Å². The predicted octanol–water partition coefficient (Wildman–Crippen LogP) is 1.47. The van der Waals surface area contributed by atoms with Gasteiger partial charge >= 0.3 is 0 Å². The third-order valence-electron chi connectivity index (χ3n) is 5.49. The summed E-state index contributed by atoms with van der Waals surface area (Å²) in [6.45, 7) is 1.76. The highest BCUT2D eigenvalue weighted by Gasteiger charge is 2.33. The first-order valence-electron chi connectivity index (χ1n) is 9.64. The van der Waals surface area contributed by atoms with Crippen molar-refractivity contribution in [2.75, 3.05) is 37.6 Å². The lowest BCUT2D eigenvalue weighted by atomic mass is 9.98. The van der Waals surface area contributed by atoms with Crippen LogP contribution in [0.1, 0.15) is 15.9 Å². The van der Waals surface area contributed by atoms with Crippen molar-refractivity contribution in [3.8, 4) is 0 Å². The largest absolute Gasteiger partial charge is 0.368 e. The van der Waals surface area contributed by atoms with Gasteiger partial charge in [-0.2, -0.15) is 0 Å². The molecule has 0 atom stereocenters. The lowest BCUT2D eigenvalue weighted by Gasteiger charge is -2.37. The number of non-ortho nitro benzene ring substituents is 1. The Hall–Kier alpha value is -3.75. The van der Waals surface area contributed by atoms with Gasteiger partial charge in [-0.1, -0.05) is 18.2 Å². The Kier molecular flexibility index (Phi) is 5.18. The molecule has 2 heterocycles. The summed E-state index contributed by atoms with van der Waals surface area (Å²) >= 11 is 0. The van der Waals surface area contributed by atoms with E-state index in [9.17, 15) is 24.5 Å². The third-order valence-corrected chi connectivity index (χ3v) is 5.49. The molecule has 0 bridgehead atoms. The SMILES string of the molecule is O=C(CN1C(=O)Cc2ccccc2C1=O)N1CCN(c2ccc([N+](=O)[O-])cc2)CC1. The van der Waals surface area contributed by atoms with Crippen molar-refractivity contribution in [2.45, 2.75) is 6.42 Å². The van der Waals surface area contributed by atoms with Gasteiger partial charge in [0.1, 0.15) is 6.54 Å². The van der Waals surface area contributed by atoms with Gasteiger partial charge < -0.3 is 9.80 Å². The molecule has 1 fully saturated rings. The maximum absolute atomic E-state index is 12.7. The average molecular weight is 408 g/mol. The van der Waals surface area contributed by atoms with Crippen molar-refractivity contribution < 1.29 is 19.3 Å². The fourth-order valence-electron chi connectivity index (χ4n) is 3.79. The first-order chi connectivity index (χ1) is 14.4. The van der Waals surface area contributed by atoms with E-state index < -0.39 is 10.8 Å². The highest BCUT2D eigenvalue weighted by molar-refractivity contribution is 6.11. The minimum atomic E-state index is -0.442. The first kappa shape index (κ1) is 19.6. The van der Waals surface area contributed by atoms with E-state index in [-0.39, 0.29) is 30.5 Å². The van der Waals surface area contributed by atoms with Crippen LogP contribution >= 0.6 is 0 Å². The molecular weight excluding hydrogens is 388 g/mol. The van der Waals surface area contributed by atoms with Crippen LogP contribution in [0.25, 0.3) is 0 Å². The smallest absolute Gasteiger partial charge is 0.269 e. The normalized spacial score (nSPS) is 16.5. The number of nitrogens with zero attached hydrogens (tertiary/aromatic N) is 4. The van der Waals surface area contributed by atoms with Crippen LogP contribution in [-0.2, 0) is 16.0 Å². The molecule has 0 N–H and O–H groups in total. The zero-order valence-corrected chi connectivity index (χ0v) is 16.2. The van der Waals surface area contributed by atoms with Crippen LogP contribution in [0.2, 0.25) is 0 Å². The van der Waals surface area contributed by atoms with Gasteiger partial charge in [-0.15, -0.1) is 0 Å². The molecule has 0 unspecified atom stereocenters. The van der Waals surface area contributed by atoms with Crippen molar-refractivity contribution >= 4 is 29.1 Å². The summed E-state index contributed by atoms with van der Waals surface area (Å²) < 4.78 is 0. The number of piperazine rings is 1. The summed E-state index contributed by atoms with van der Waals surface area (Å²) in [7, 11) is 0. The number of nitro groups is 1. The van der Waals surface area contributed by atoms with Crippen LogP contribution in [0.15, 0.2) is 48.5 Å². The van der Waals surface area contributed by atoms with Gasteiger partial charge in [-0.05, 0) is 23.8 Å². The van der Waals surface area contributed by atoms with E-state index in [2.05, 4.69) is 0 Å². The molecule has 30 heavy (non-hydrogen) atoms. The number of anilines is 1. The molecule has 0 radical (unpaired) electrons. The molecule has 3 amide bonds. The van der Waals surface area contributed by atoms with E-state index in [0.717, 1.165) is 10.6 Å². The predicted molar refractivity (Wildman–Crippen MR) is 108 cm³/mol. The monoisotopic (exact) mass is 408 g/mol. The second-order valence-electron chi connectivity index (χ2n) is 7.26. The Bertz CT molecular complexity index is 1010. The minimum Gasteiger partial charge on any atom is -0.368 e. The van der Waals surface area contributed by atoms with Gasteiger partial charge in [0, 0.05) is 49.6 Å². The molecule has 2 aliphatic rings. The van der Waals surface area contributed by atoms with Gasteiger partial charge in [-0.3, -0.25) is 29.4 Å². The van der Waals surface area contributed by atoms with Crippen molar-refractivity contribution in [1.82, 2.24) is 9.80 Å². The number of imide groups is 1. The molecule has 9 heteroatoms. The van der Waals surface area contributed by atoms with Crippen molar-refractivity contribution in [3.05, 3.63) is 69.8 Å². The molecule has 2 aromatic carbocycles. The molecule has 154 valence electrons. The van der Waals surface area contributed by atoms with Crippen LogP contribution < -0.4 is 4.90 Å². The van der Waals surface area contributed by atoms with Crippen LogP contribution in [0.5, 0.6) is 0 Å². The van der Waals surface area contributed by atoms with E-state index in [4.69, 9.17) is 0 Å². The van der Waals surface area contributed by atoms with Gasteiger partial charge in [0.05, 0.1) is 11.3 Å². The number of hydrogen-bond acceptors (Lipinski definition) is 6. The molecule has 0 saturated carbocycles. The highest BCUT2D eigenvalue weighted by Crippen LogP contribution is 2.22. The number of amides is 3. The van der Waals surface area contributed by atoms with Crippen LogP contribution in [0.3, 0.4) is 0 Å². The summed E-state index contributed by atoms with van der Waals surface area (Å²) in [6.07, 6.45) is 0.114. The molecule has 2 aliphatic heterocycles. The summed E-state index contributed by atoms with van der Waals surface area (Å²) in [5, 5.41) is 10.8. The number of carbonyl (C=O) groups excluding carboxylic acids is 3. The highest BCUT2D eigenvalue weighted by atomic mass is 16.6. The molecular formula is C21H20N4O5. The lowest BCUT2D eigenvalue weighted by molar-refractivity contribution is -0.384. The van der Waals surface area contributed by atoms with E-state index in [0.29, 0.717) is 37.3 Å². The number of fused-ring (bicyclic) bond motifs is 1. The standard InChI is InChI=1S/C21H20N4O5/c26-19-13-15-3-1-2-4-18(15)21(28)24(19)14-20(27)23-11-9-22(10-12-23)16-5-7-17(8-6-16)25(29)30/h1-8H,9-14H2. The van der Waals surface area contributed by atoms with Crippen molar-refractivity contribution in [2.24, 2.45) is 0 Å². The zero-order valence-electron chi connectivity index (χ0n) is 16.2. The van der Waals surface area contributed by atoms with Crippen LogP contribution in [0, 0.1) is 10.1 Å². The number of rotatable bonds is 4. The van der Waals surface area contributed by atoms with Crippen molar-refractivity contribution in [1.29, 1.82) is 0 Å². The number of carbonyl (C=O) groups is 3. The third kappa shape index (κ3) is 3.73. The maximum Gasteiger partial charge on any atom is 0.269 e. The topological polar surface area (TPSA) is 104 Å². The number of nitro benzene ring substituents is 1. The Morgan fingerprint density at radius 3 is 2.30 bits per heavy atom. The number of benzene rings is 2. The summed E-state index contributed by atoms with van der Waals surface area (Å²) in [5.41, 5.74) is 2.04. The maximum atomic E-state index is 12.7. The summed E-state index contributed by atoms with van der Waals surface area (Å²) in [4.78, 5) is 52.8. The van der Waals surface area contributed by atoms with Crippen molar-refractivity contribution in [3.63, 3.8) is 0 Å². The van der Waals surface area contributed by atoms with Gasteiger partial charge in [0.2, 0.25) is 11.8 Å². The quantitative estimate of drug-likeness (QED) is 0.431. The zero-order chi connectivity index (χ0) is 21.3. The fraction of sp³-hybridized carbons (Fsp3) is 0.286. The second-order valence-corrected chi connectivity index (χ2v) is 7.26. The van der Waals surface area contributed by atoms with E-state index >= 15 is 0 Å². The summed E-state index contributed by atoms with van der Waals surface area (Å²) in [6, 6.07) is 13.2. The number of hydrogen-bond donors (Lipinski definition) is 0. The Labute approximate surface area is 172 Å².